The molecule has 1 aromatic heterocycles. The Morgan fingerprint density at radius 3 is 2.95 bits per heavy atom. The number of rotatable bonds is 4. The Hall–Kier alpha value is -1.13. The van der Waals surface area contributed by atoms with E-state index in [9.17, 15) is 0 Å². The highest BCUT2D eigenvalue weighted by Gasteiger charge is 2.31. The number of methoxy groups -OCH3 is 1. The predicted octanol–water partition coefficient (Wildman–Crippen LogP) is 1.90. The van der Waals surface area contributed by atoms with Crippen molar-refractivity contribution in [1.82, 2.24) is 4.98 Å². The SMILES string of the molecule is COC1(C)CCCN(c2ncc(CCN)cc2C)C1. The summed E-state index contributed by atoms with van der Waals surface area (Å²) in [5, 5.41) is 0. The molecule has 0 bridgehead atoms. The first-order valence-electron chi connectivity index (χ1n) is 7.04. The molecule has 1 aliphatic heterocycles. The lowest BCUT2D eigenvalue weighted by molar-refractivity contribution is -0.00483. The van der Waals surface area contributed by atoms with Crippen molar-refractivity contribution in [2.45, 2.75) is 38.7 Å². The molecule has 1 saturated heterocycles. The molecule has 2 heterocycles. The van der Waals surface area contributed by atoms with Crippen LogP contribution in [0.15, 0.2) is 12.3 Å². The Kier molecular flexibility index (Phi) is 4.42. The standard InChI is InChI=1S/C15H25N3O/c1-12-9-13(5-7-16)10-17-14(12)18-8-4-6-15(2,11-18)19-3/h9-10H,4-8,11,16H2,1-3H3. The van der Waals surface area contributed by atoms with E-state index in [-0.39, 0.29) is 5.60 Å². The highest BCUT2D eigenvalue weighted by atomic mass is 16.5. The molecule has 2 N–H and O–H groups in total. The van der Waals surface area contributed by atoms with E-state index in [0.717, 1.165) is 38.2 Å². The molecule has 0 spiro atoms. The molecule has 0 radical (unpaired) electrons. The Labute approximate surface area is 116 Å². The third-order valence-electron chi connectivity index (χ3n) is 3.99. The highest BCUT2D eigenvalue weighted by molar-refractivity contribution is 5.48. The van der Waals surface area contributed by atoms with E-state index in [1.54, 1.807) is 7.11 Å². The van der Waals surface area contributed by atoms with Crippen molar-refractivity contribution in [1.29, 1.82) is 0 Å². The Bertz CT molecular complexity index is 435. The summed E-state index contributed by atoms with van der Waals surface area (Å²) in [6.45, 7) is 6.95. The number of anilines is 1. The van der Waals surface area contributed by atoms with Crippen LogP contribution in [-0.2, 0) is 11.2 Å². The first-order valence-corrected chi connectivity index (χ1v) is 7.04. The van der Waals surface area contributed by atoms with Gasteiger partial charge in [-0.25, -0.2) is 4.98 Å². The maximum atomic E-state index is 5.65. The molecular weight excluding hydrogens is 238 g/mol. The van der Waals surface area contributed by atoms with E-state index >= 15 is 0 Å². The van der Waals surface area contributed by atoms with Gasteiger partial charge in [-0.15, -0.1) is 0 Å². The number of hydrogen-bond donors (Lipinski definition) is 1. The Balaban J connectivity index is 2.17. The van der Waals surface area contributed by atoms with Gasteiger partial charge in [0.2, 0.25) is 0 Å². The number of hydrogen-bond acceptors (Lipinski definition) is 4. The van der Waals surface area contributed by atoms with Gasteiger partial charge in [-0.2, -0.15) is 0 Å². The summed E-state index contributed by atoms with van der Waals surface area (Å²) in [6.07, 6.45) is 5.11. The maximum Gasteiger partial charge on any atom is 0.131 e. The van der Waals surface area contributed by atoms with Crippen molar-refractivity contribution < 1.29 is 4.74 Å². The van der Waals surface area contributed by atoms with Gasteiger partial charge in [0.05, 0.1) is 5.60 Å². The zero-order chi connectivity index (χ0) is 13.9. The molecular formula is C15H25N3O. The molecule has 0 saturated carbocycles. The normalized spacial score (nSPS) is 23.7. The van der Waals surface area contributed by atoms with Gasteiger partial charge in [0.15, 0.2) is 0 Å². The van der Waals surface area contributed by atoms with Crippen LogP contribution in [-0.4, -0.2) is 37.3 Å². The van der Waals surface area contributed by atoms with Crippen LogP contribution >= 0.6 is 0 Å². The van der Waals surface area contributed by atoms with E-state index in [1.807, 2.05) is 6.20 Å². The van der Waals surface area contributed by atoms with Crippen LogP contribution in [0.2, 0.25) is 0 Å². The minimum atomic E-state index is -0.0533. The summed E-state index contributed by atoms with van der Waals surface area (Å²) in [7, 11) is 1.80. The second-order valence-electron chi connectivity index (χ2n) is 5.70. The minimum absolute atomic E-state index is 0.0533. The second-order valence-corrected chi connectivity index (χ2v) is 5.70. The van der Waals surface area contributed by atoms with Crippen LogP contribution in [0.1, 0.15) is 30.9 Å². The van der Waals surface area contributed by atoms with Crippen LogP contribution in [0.3, 0.4) is 0 Å². The number of nitrogens with zero attached hydrogens (tertiary/aromatic N) is 2. The molecule has 1 aliphatic rings. The second kappa shape index (κ2) is 5.88. The minimum Gasteiger partial charge on any atom is -0.377 e. The van der Waals surface area contributed by atoms with Crippen molar-refractivity contribution in [2.75, 3.05) is 31.6 Å². The summed E-state index contributed by atoms with van der Waals surface area (Å²) < 4.78 is 5.65. The molecule has 1 fully saturated rings. The number of aromatic nitrogens is 1. The first kappa shape index (κ1) is 14.3. The Morgan fingerprint density at radius 1 is 1.53 bits per heavy atom. The molecule has 2 rings (SSSR count). The summed E-state index contributed by atoms with van der Waals surface area (Å²) in [5.74, 6) is 1.09. The van der Waals surface area contributed by atoms with Gasteiger partial charge < -0.3 is 15.4 Å². The third-order valence-corrected chi connectivity index (χ3v) is 3.99. The van der Waals surface area contributed by atoms with Crippen molar-refractivity contribution in [3.63, 3.8) is 0 Å². The number of nitrogens with two attached hydrogens (primary N) is 1. The van der Waals surface area contributed by atoms with E-state index in [2.05, 4.69) is 29.8 Å². The quantitative estimate of drug-likeness (QED) is 0.901. The van der Waals surface area contributed by atoms with Gasteiger partial charge >= 0.3 is 0 Å². The number of piperidine rings is 1. The molecule has 0 aliphatic carbocycles. The van der Waals surface area contributed by atoms with Crippen LogP contribution in [0.25, 0.3) is 0 Å². The lowest BCUT2D eigenvalue weighted by Crippen LogP contribution is -2.48. The van der Waals surface area contributed by atoms with E-state index in [4.69, 9.17) is 10.5 Å². The van der Waals surface area contributed by atoms with Gasteiger partial charge in [-0.05, 0) is 50.8 Å². The molecule has 1 atom stereocenters. The molecule has 19 heavy (non-hydrogen) atoms. The van der Waals surface area contributed by atoms with Crippen molar-refractivity contribution >= 4 is 5.82 Å². The van der Waals surface area contributed by atoms with E-state index < -0.39 is 0 Å². The molecule has 4 nitrogen and oxygen atoms in total. The summed E-state index contributed by atoms with van der Waals surface area (Å²) in [6, 6.07) is 2.20. The zero-order valence-electron chi connectivity index (χ0n) is 12.3. The fraction of sp³-hybridized carbons (Fsp3) is 0.667. The molecule has 1 aromatic rings. The molecule has 106 valence electrons. The molecule has 0 aromatic carbocycles. The largest absolute Gasteiger partial charge is 0.377 e. The summed E-state index contributed by atoms with van der Waals surface area (Å²) in [4.78, 5) is 6.98. The lowest BCUT2D eigenvalue weighted by Gasteiger charge is -2.40. The van der Waals surface area contributed by atoms with Gasteiger partial charge in [-0.3, -0.25) is 0 Å². The first-order chi connectivity index (χ1) is 9.08. The maximum absolute atomic E-state index is 5.65. The number of ether oxygens (including phenoxy) is 1. The average molecular weight is 263 g/mol. The van der Waals surface area contributed by atoms with Crippen LogP contribution < -0.4 is 10.6 Å². The molecule has 1 unspecified atom stereocenters. The smallest absolute Gasteiger partial charge is 0.131 e. The predicted molar refractivity (Wildman–Crippen MR) is 78.6 cm³/mol. The summed E-state index contributed by atoms with van der Waals surface area (Å²) in [5.41, 5.74) is 7.98. The fourth-order valence-corrected chi connectivity index (χ4v) is 2.81. The van der Waals surface area contributed by atoms with E-state index in [1.165, 1.54) is 11.1 Å². The Morgan fingerprint density at radius 2 is 2.32 bits per heavy atom. The number of aryl methyl sites for hydroxylation is 1. The van der Waals surface area contributed by atoms with Gasteiger partial charge in [0, 0.05) is 26.4 Å². The summed E-state index contributed by atoms with van der Waals surface area (Å²) >= 11 is 0. The molecule has 4 heteroatoms. The number of pyridine rings is 1. The van der Waals surface area contributed by atoms with Gasteiger partial charge in [0.1, 0.15) is 5.82 Å². The zero-order valence-corrected chi connectivity index (χ0v) is 12.3. The lowest BCUT2D eigenvalue weighted by atomic mass is 9.94. The van der Waals surface area contributed by atoms with Crippen LogP contribution in [0, 0.1) is 6.92 Å². The highest BCUT2D eigenvalue weighted by Crippen LogP contribution is 2.28. The van der Waals surface area contributed by atoms with Crippen molar-refractivity contribution in [3.8, 4) is 0 Å². The fourth-order valence-electron chi connectivity index (χ4n) is 2.81. The van der Waals surface area contributed by atoms with E-state index in [0.29, 0.717) is 6.54 Å². The van der Waals surface area contributed by atoms with Gasteiger partial charge in [-0.1, -0.05) is 6.07 Å². The molecule has 0 amide bonds. The average Bonchev–Trinajstić information content (AvgIpc) is 2.39. The third kappa shape index (κ3) is 3.25. The van der Waals surface area contributed by atoms with Crippen molar-refractivity contribution in [3.05, 3.63) is 23.4 Å². The van der Waals surface area contributed by atoms with Crippen LogP contribution in [0.5, 0.6) is 0 Å². The van der Waals surface area contributed by atoms with Crippen molar-refractivity contribution in [2.24, 2.45) is 5.73 Å². The van der Waals surface area contributed by atoms with Crippen LogP contribution in [0.4, 0.5) is 5.82 Å². The topological polar surface area (TPSA) is 51.4 Å². The monoisotopic (exact) mass is 263 g/mol. The van der Waals surface area contributed by atoms with Gasteiger partial charge in [0.25, 0.3) is 0 Å².